The minimum atomic E-state index is -4.40. The molecule has 0 fully saturated rings. The number of carboxylic acid groups (broad SMARTS) is 1. The van der Waals surface area contributed by atoms with Crippen LogP contribution in [0.15, 0.2) is 41.3 Å². The van der Waals surface area contributed by atoms with Gasteiger partial charge in [0.15, 0.2) is 0 Å². The van der Waals surface area contributed by atoms with Crippen LogP contribution in [0, 0.1) is 0 Å². The summed E-state index contributed by atoms with van der Waals surface area (Å²) in [5.41, 5.74) is 17.0. The molecular formula is C13H15N3O4S. The molecule has 0 saturated heterocycles. The highest BCUT2D eigenvalue weighted by molar-refractivity contribution is 7.93. The van der Waals surface area contributed by atoms with Gasteiger partial charge >= 0.3 is 5.97 Å². The van der Waals surface area contributed by atoms with Gasteiger partial charge in [-0.1, -0.05) is 24.3 Å². The molecule has 0 spiro atoms. The second-order valence-corrected chi connectivity index (χ2v) is 6.78. The Morgan fingerprint density at radius 2 is 1.71 bits per heavy atom. The summed E-state index contributed by atoms with van der Waals surface area (Å²) in [4.78, 5) is 8.47. The van der Waals surface area contributed by atoms with E-state index in [2.05, 4.69) is 0 Å². The Morgan fingerprint density at radius 3 is 2.24 bits per heavy atom. The molecule has 0 aliphatic carbocycles. The van der Waals surface area contributed by atoms with Crippen LogP contribution >= 0.6 is 0 Å². The van der Waals surface area contributed by atoms with Gasteiger partial charge in [0.25, 0.3) is 0 Å². The fraction of sp³-hybridized carbons (Fsp3) is 0.154. The lowest BCUT2D eigenvalue weighted by atomic mass is 10.1. The minimum absolute atomic E-state index is 0.206. The topological polar surface area (TPSA) is 150 Å². The molecule has 2 rings (SSSR count). The maximum atomic E-state index is 12.6. The Hall–Kier alpha value is -2.16. The van der Waals surface area contributed by atoms with Crippen LogP contribution in [0.2, 0.25) is 0 Å². The number of nitrogens with two attached hydrogens (primary N) is 3. The number of rotatable bonds is 4. The highest BCUT2D eigenvalue weighted by Gasteiger charge is 2.48. The number of anilines is 1. The number of hydrogen-bond acceptors (Lipinski definition) is 6. The summed E-state index contributed by atoms with van der Waals surface area (Å²) in [6.07, 6.45) is 0. The smallest absolute Gasteiger partial charge is 0.341 e. The van der Waals surface area contributed by atoms with Gasteiger partial charge in [-0.05, 0) is 12.1 Å². The first kappa shape index (κ1) is 15.2. The summed E-state index contributed by atoms with van der Waals surface area (Å²) in [6, 6.07) is 9.15. The van der Waals surface area contributed by atoms with E-state index in [1.165, 1.54) is 18.2 Å². The van der Waals surface area contributed by atoms with Crippen LogP contribution in [-0.4, -0.2) is 30.9 Å². The average Bonchev–Trinajstić information content (AvgIpc) is 2.46. The molecule has 1 unspecified atom stereocenters. The van der Waals surface area contributed by atoms with Gasteiger partial charge in [-0.2, -0.15) is 0 Å². The SMILES string of the molecule is NCC(N)(C(=O)O)S(=O)(=O)c1ccc(N)c2ccccc12. The van der Waals surface area contributed by atoms with Gasteiger partial charge in [0.2, 0.25) is 14.7 Å². The lowest BCUT2D eigenvalue weighted by Crippen LogP contribution is -2.59. The third-order valence-corrected chi connectivity index (χ3v) is 5.59. The van der Waals surface area contributed by atoms with Crippen molar-refractivity contribution in [3.05, 3.63) is 36.4 Å². The molecule has 1 atom stereocenters. The van der Waals surface area contributed by atoms with Crippen LogP contribution in [0.4, 0.5) is 5.69 Å². The summed E-state index contributed by atoms with van der Waals surface area (Å²) < 4.78 is 25.3. The van der Waals surface area contributed by atoms with Gasteiger partial charge in [-0.3, -0.25) is 0 Å². The highest BCUT2D eigenvalue weighted by atomic mass is 32.2. The van der Waals surface area contributed by atoms with Crippen LogP contribution in [0.3, 0.4) is 0 Å². The third-order valence-electron chi connectivity index (χ3n) is 3.35. The van der Waals surface area contributed by atoms with Gasteiger partial charge in [-0.15, -0.1) is 0 Å². The number of carbonyl (C=O) groups is 1. The van der Waals surface area contributed by atoms with E-state index < -0.39 is 27.2 Å². The van der Waals surface area contributed by atoms with Gasteiger partial charge in [0.1, 0.15) is 0 Å². The Balaban J connectivity index is 2.84. The third kappa shape index (κ3) is 2.13. The molecule has 0 amide bonds. The van der Waals surface area contributed by atoms with Crippen LogP contribution in [0.25, 0.3) is 10.8 Å². The zero-order valence-corrected chi connectivity index (χ0v) is 11.8. The largest absolute Gasteiger partial charge is 0.479 e. The molecule has 2 aromatic rings. The lowest BCUT2D eigenvalue weighted by Gasteiger charge is -2.23. The van der Waals surface area contributed by atoms with Crippen LogP contribution in [-0.2, 0) is 14.6 Å². The van der Waals surface area contributed by atoms with E-state index in [9.17, 15) is 13.2 Å². The van der Waals surface area contributed by atoms with Crippen molar-refractivity contribution in [3.63, 3.8) is 0 Å². The van der Waals surface area contributed by atoms with Gasteiger partial charge in [-0.25, -0.2) is 13.2 Å². The molecule has 0 aliphatic heterocycles. The molecule has 7 N–H and O–H groups in total. The molecular weight excluding hydrogens is 294 g/mol. The number of sulfone groups is 1. The Labute approximate surface area is 121 Å². The Bertz CT molecular complexity index is 819. The normalized spacial score (nSPS) is 14.8. The molecule has 0 aromatic heterocycles. The van der Waals surface area contributed by atoms with E-state index in [1.807, 2.05) is 0 Å². The van der Waals surface area contributed by atoms with Crippen LogP contribution < -0.4 is 17.2 Å². The highest BCUT2D eigenvalue weighted by Crippen LogP contribution is 2.31. The average molecular weight is 309 g/mol. The van der Waals surface area contributed by atoms with Crippen molar-refractivity contribution < 1.29 is 18.3 Å². The number of nitrogen functional groups attached to an aromatic ring is 1. The van der Waals surface area contributed by atoms with Gasteiger partial charge in [0.05, 0.1) is 4.90 Å². The quantitative estimate of drug-likeness (QED) is 0.576. The van der Waals surface area contributed by atoms with E-state index in [-0.39, 0.29) is 4.90 Å². The zero-order chi connectivity index (χ0) is 15.8. The van der Waals surface area contributed by atoms with E-state index in [4.69, 9.17) is 22.3 Å². The van der Waals surface area contributed by atoms with E-state index >= 15 is 0 Å². The summed E-state index contributed by atoms with van der Waals surface area (Å²) >= 11 is 0. The molecule has 0 radical (unpaired) electrons. The predicted octanol–water partition coefficient (Wildman–Crippen LogP) is -0.106. The number of benzene rings is 2. The second kappa shape index (κ2) is 4.99. The fourth-order valence-corrected chi connectivity index (χ4v) is 3.59. The van der Waals surface area contributed by atoms with Crippen molar-refractivity contribution in [2.75, 3.05) is 12.3 Å². The maximum absolute atomic E-state index is 12.6. The lowest BCUT2D eigenvalue weighted by molar-refractivity contribution is -0.139. The summed E-state index contributed by atoms with van der Waals surface area (Å²) in [5, 5.41) is 9.96. The Morgan fingerprint density at radius 1 is 1.14 bits per heavy atom. The molecule has 0 aliphatic rings. The van der Waals surface area contributed by atoms with Crippen molar-refractivity contribution in [2.45, 2.75) is 9.77 Å². The predicted molar refractivity (Wildman–Crippen MR) is 79.2 cm³/mol. The standard InChI is InChI=1S/C13H15N3O4S/c14-7-13(16,12(17)18)21(19,20)11-6-5-10(15)8-3-1-2-4-9(8)11/h1-6H,7,14-16H2,(H,17,18). The van der Waals surface area contributed by atoms with Crippen LogP contribution in [0.1, 0.15) is 0 Å². The monoisotopic (exact) mass is 309 g/mol. The molecule has 112 valence electrons. The summed E-state index contributed by atoms with van der Waals surface area (Å²) in [6.45, 7) is -0.747. The van der Waals surface area contributed by atoms with Crippen molar-refractivity contribution >= 4 is 32.3 Å². The van der Waals surface area contributed by atoms with Crippen molar-refractivity contribution in [1.29, 1.82) is 0 Å². The van der Waals surface area contributed by atoms with Crippen LogP contribution in [0.5, 0.6) is 0 Å². The number of aliphatic carboxylic acids is 1. The fourth-order valence-electron chi connectivity index (χ4n) is 2.04. The molecule has 0 saturated carbocycles. The first-order valence-corrected chi connectivity index (χ1v) is 7.48. The zero-order valence-electron chi connectivity index (χ0n) is 11.0. The minimum Gasteiger partial charge on any atom is -0.479 e. The van der Waals surface area contributed by atoms with E-state index in [0.29, 0.717) is 16.5 Å². The molecule has 2 aromatic carbocycles. The summed E-state index contributed by atoms with van der Waals surface area (Å²) in [7, 11) is -4.40. The van der Waals surface area contributed by atoms with E-state index in [1.54, 1.807) is 18.2 Å². The molecule has 0 heterocycles. The van der Waals surface area contributed by atoms with Crippen molar-refractivity contribution in [3.8, 4) is 0 Å². The van der Waals surface area contributed by atoms with E-state index in [0.717, 1.165) is 0 Å². The molecule has 0 bridgehead atoms. The first-order valence-electron chi connectivity index (χ1n) is 6.00. The molecule has 7 nitrogen and oxygen atoms in total. The van der Waals surface area contributed by atoms with Gasteiger partial charge in [0, 0.05) is 23.0 Å². The van der Waals surface area contributed by atoms with Crippen molar-refractivity contribution in [2.24, 2.45) is 11.5 Å². The number of carboxylic acids is 1. The summed E-state index contributed by atoms with van der Waals surface area (Å²) in [5.74, 6) is -1.70. The maximum Gasteiger partial charge on any atom is 0.341 e. The van der Waals surface area contributed by atoms with Gasteiger partial charge < -0.3 is 22.3 Å². The first-order chi connectivity index (χ1) is 9.75. The molecule has 21 heavy (non-hydrogen) atoms. The second-order valence-electron chi connectivity index (χ2n) is 4.60. The number of hydrogen-bond donors (Lipinski definition) is 4. The molecule has 8 heteroatoms. The van der Waals surface area contributed by atoms with Crippen molar-refractivity contribution in [1.82, 2.24) is 0 Å². The Kier molecular flexibility index (Phi) is 3.62. The number of fused-ring (bicyclic) bond motifs is 1.